The minimum Gasteiger partial charge on any atom is -0.490 e. The summed E-state index contributed by atoms with van der Waals surface area (Å²) in [7, 11) is 0. The number of nitrogens with zero attached hydrogens (tertiary/aromatic N) is 2. The molecular weight excluding hydrogens is 368 g/mol. The van der Waals surface area contributed by atoms with E-state index in [2.05, 4.69) is 17.1 Å². The molecule has 6 heteroatoms. The van der Waals surface area contributed by atoms with Gasteiger partial charge in [0.1, 0.15) is 12.4 Å². The van der Waals surface area contributed by atoms with Crippen LogP contribution in [0.15, 0.2) is 65.5 Å². The Hall–Kier alpha value is -3.12. The van der Waals surface area contributed by atoms with Gasteiger partial charge in [0.15, 0.2) is 6.10 Å². The van der Waals surface area contributed by atoms with Gasteiger partial charge in [-0.25, -0.2) is 0 Å². The summed E-state index contributed by atoms with van der Waals surface area (Å²) in [4.78, 5) is 15.8. The van der Waals surface area contributed by atoms with Gasteiger partial charge >= 0.3 is 6.01 Å². The van der Waals surface area contributed by atoms with E-state index in [-0.39, 0.29) is 17.8 Å². The Kier molecular flexibility index (Phi) is 5.62. The van der Waals surface area contributed by atoms with Crippen LogP contribution >= 0.6 is 0 Å². The molecule has 2 aromatic carbocycles. The van der Waals surface area contributed by atoms with Crippen molar-refractivity contribution < 1.29 is 14.2 Å². The van der Waals surface area contributed by atoms with Gasteiger partial charge in [0, 0.05) is 6.07 Å². The summed E-state index contributed by atoms with van der Waals surface area (Å²) in [5.74, 6) is 0.773. The Morgan fingerprint density at radius 3 is 2.55 bits per heavy atom. The average Bonchev–Trinajstić information content (AvgIpc) is 3.14. The molecular formula is C23H24N2O4. The van der Waals surface area contributed by atoms with E-state index in [0.717, 1.165) is 17.0 Å². The Morgan fingerprint density at radius 1 is 1.10 bits per heavy atom. The summed E-state index contributed by atoms with van der Waals surface area (Å²) in [5.41, 5.74) is 2.75. The maximum Gasteiger partial charge on any atom is 0.300 e. The minimum absolute atomic E-state index is 0.0785. The van der Waals surface area contributed by atoms with Crippen molar-refractivity contribution in [3.63, 3.8) is 0 Å². The van der Waals surface area contributed by atoms with Gasteiger partial charge in [0.25, 0.3) is 5.56 Å². The highest BCUT2D eigenvalue weighted by Crippen LogP contribution is 2.24. The highest BCUT2D eigenvalue weighted by Gasteiger charge is 2.26. The number of rotatable bonds is 7. The van der Waals surface area contributed by atoms with E-state index < -0.39 is 0 Å². The van der Waals surface area contributed by atoms with Gasteiger partial charge in [-0.1, -0.05) is 42.5 Å². The zero-order valence-corrected chi connectivity index (χ0v) is 16.6. The average molecular weight is 392 g/mol. The van der Waals surface area contributed by atoms with Crippen LogP contribution in [0, 0.1) is 0 Å². The molecule has 150 valence electrons. The number of hydrogen-bond donors (Lipinski definition) is 0. The lowest BCUT2D eigenvalue weighted by molar-refractivity contribution is 0.0613. The van der Waals surface area contributed by atoms with E-state index in [1.807, 2.05) is 60.9 Å². The molecule has 29 heavy (non-hydrogen) atoms. The summed E-state index contributed by atoms with van der Waals surface area (Å²) < 4.78 is 19.3. The quantitative estimate of drug-likeness (QED) is 0.614. The third-order valence-corrected chi connectivity index (χ3v) is 4.69. The molecule has 4 rings (SSSR count). The molecule has 0 saturated carbocycles. The normalized spacial score (nSPS) is 15.2. The van der Waals surface area contributed by atoms with Crippen LogP contribution in [0.5, 0.6) is 11.8 Å². The van der Waals surface area contributed by atoms with Gasteiger partial charge in [0.05, 0.1) is 24.9 Å². The van der Waals surface area contributed by atoms with Crippen molar-refractivity contribution in [3.05, 3.63) is 76.7 Å². The van der Waals surface area contributed by atoms with Gasteiger partial charge in [-0.2, -0.15) is 4.98 Å². The Balaban J connectivity index is 1.38. The van der Waals surface area contributed by atoms with Crippen LogP contribution in [0.25, 0.3) is 11.1 Å². The number of fused-ring (bicyclic) bond motifs is 1. The second-order valence-corrected chi connectivity index (χ2v) is 7.28. The van der Waals surface area contributed by atoms with Crippen LogP contribution in [0.4, 0.5) is 0 Å². The lowest BCUT2D eigenvalue weighted by atomic mass is 10.1. The van der Waals surface area contributed by atoms with E-state index in [0.29, 0.717) is 25.8 Å². The first-order chi connectivity index (χ1) is 14.1. The fourth-order valence-electron chi connectivity index (χ4n) is 3.23. The van der Waals surface area contributed by atoms with Gasteiger partial charge in [-0.3, -0.25) is 9.36 Å². The minimum atomic E-state index is -0.323. The van der Waals surface area contributed by atoms with Crippen LogP contribution in [-0.2, 0) is 17.9 Å². The number of aromatic nitrogens is 2. The topological polar surface area (TPSA) is 62.6 Å². The lowest BCUT2D eigenvalue weighted by Gasteiger charge is -2.12. The largest absolute Gasteiger partial charge is 0.490 e. The fourth-order valence-corrected chi connectivity index (χ4v) is 3.23. The first kappa shape index (κ1) is 19.2. The molecule has 1 aromatic heterocycles. The molecule has 6 nitrogen and oxygen atoms in total. The molecule has 0 aliphatic carbocycles. The second kappa shape index (κ2) is 8.49. The lowest BCUT2D eigenvalue weighted by Crippen LogP contribution is -2.23. The number of ether oxygens (including phenoxy) is 3. The molecule has 0 saturated heterocycles. The molecule has 0 spiro atoms. The van der Waals surface area contributed by atoms with Gasteiger partial charge in [-0.15, -0.1) is 0 Å². The molecule has 0 radical (unpaired) electrons. The zero-order chi connectivity index (χ0) is 20.2. The van der Waals surface area contributed by atoms with E-state index >= 15 is 0 Å². The van der Waals surface area contributed by atoms with Crippen molar-refractivity contribution in [1.29, 1.82) is 0 Å². The van der Waals surface area contributed by atoms with E-state index in [9.17, 15) is 4.79 Å². The molecule has 1 aliphatic heterocycles. The molecule has 0 fully saturated rings. The SMILES string of the molecule is CC(C)OCc1cc(=O)nc2n1CC(COc1ccc(-c3ccccc3)cc1)O2. The molecule has 3 aromatic rings. The fraction of sp³-hybridized carbons (Fsp3) is 0.304. The van der Waals surface area contributed by atoms with Crippen LogP contribution in [0.2, 0.25) is 0 Å². The third-order valence-electron chi connectivity index (χ3n) is 4.69. The number of hydrogen-bond acceptors (Lipinski definition) is 5. The van der Waals surface area contributed by atoms with Crippen LogP contribution in [0.3, 0.4) is 0 Å². The van der Waals surface area contributed by atoms with E-state index in [1.165, 1.54) is 11.6 Å². The van der Waals surface area contributed by atoms with Crippen molar-refractivity contribution in [2.24, 2.45) is 0 Å². The number of benzene rings is 2. The van der Waals surface area contributed by atoms with Gasteiger partial charge < -0.3 is 14.2 Å². The molecule has 0 bridgehead atoms. The van der Waals surface area contributed by atoms with Crippen molar-refractivity contribution in [2.45, 2.75) is 39.2 Å². The highest BCUT2D eigenvalue weighted by molar-refractivity contribution is 5.63. The second-order valence-electron chi connectivity index (χ2n) is 7.28. The highest BCUT2D eigenvalue weighted by atomic mass is 16.6. The van der Waals surface area contributed by atoms with Crippen molar-refractivity contribution >= 4 is 0 Å². The van der Waals surface area contributed by atoms with E-state index in [4.69, 9.17) is 14.2 Å². The molecule has 0 N–H and O–H groups in total. The Morgan fingerprint density at radius 2 is 1.83 bits per heavy atom. The molecule has 1 unspecified atom stereocenters. The van der Waals surface area contributed by atoms with Crippen molar-refractivity contribution in [2.75, 3.05) is 6.61 Å². The molecule has 1 atom stereocenters. The Labute approximate surface area is 169 Å². The predicted octanol–water partition coefficient (Wildman–Crippen LogP) is 3.68. The third kappa shape index (κ3) is 4.66. The van der Waals surface area contributed by atoms with Crippen molar-refractivity contribution in [3.8, 4) is 22.9 Å². The summed E-state index contributed by atoms with van der Waals surface area (Å²) in [5, 5.41) is 0. The van der Waals surface area contributed by atoms with Crippen LogP contribution < -0.4 is 15.0 Å². The summed E-state index contributed by atoms with van der Waals surface area (Å²) in [6.45, 7) is 5.20. The monoisotopic (exact) mass is 392 g/mol. The zero-order valence-electron chi connectivity index (χ0n) is 16.6. The molecule has 1 aliphatic rings. The van der Waals surface area contributed by atoms with Crippen LogP contribution in [-0.4, -0.2) is 28.4 Å². The first-order valence-corrected chi connectivity index (χ1v) is 9.76. The summed E-state index contributed by atoms with van der Waals surface area (Å²) >= 11 is 0. The smallest absolute Gasteiger partial charge is 0.300 e. The van der Waals surface area contributed by atoms with E-state index in [1.54, 1.807) is 0 Å². The maximum atomic E-state index is 11.8. The molecule has 2 heterocycles. The first-order valence-electron chi connectivity index (χ1n) is 9.76. The van der Waals surface area contributed by atoms with Gasteiger partial charge in [0.2, 0.25) is 0 Å². The summed E-state index contributed by atoms with van der Waals surface area (Å²) in [6, 6.07) is 20.0. The Bertz CT molecular complexity index is 1010. The van der Waals surface area contributed by atoms with Gasteiger partial charge in [-0.05, 0) is 37.1 Å². The maximum absolute atomic E-state index is 11.8. The standard InChI is InChI=1S/C23H24N2O4/c1-16(2)27-14-19-12-22(26)24-23-25(19)13-21(29-23)15-28-20-10-8-18(9-11-20)17-6-4-3-5-7-17/h3-12,16,21H,13-15H2,1-2H3. The summed E-state index contributed by atoms with van der Waals surface area (Å²) in [6.07, 6.45) is -0.134. The van der Waals surface area contributed by atoms with Crippen molar-refractivity contribution in [1.82, 2.24) is 9.55 Å². The molecule has 0 amide bonds. The van der Waals surface area contributed by atoms with Crippen LogP contribution in [0.1, 0.15) is 19.5 Å². The predicted molar refractivity (Wildman–Crippen MR) is 110 cm³/mol.